The van der Waals surface area contributed by atoms with E-state index >= 15 is 0 Å². The molecule has 1 saturated carbocycles. The number of carbonyl (C=O) groups excluding carboxylic acids is 1. The van der Waals surface area contributed by atoms with Crippen molar-refractivity contribution in [3.05, 3.63) is 77.7 Å². The molecule has 2 N–H and O–H groups in total. The number of aryl methyl sites for hydroxylation is 1. The molecule has 0 radical (unpaired) electrons. The molecule has 2 aromatic rings. The van der Waals surface area contributed by atoms with Crippen LogP contribution in [-0.4, -0.2) is 39.2 Å². The lowest BCUT2D eigenvalue weighted by molar-refractivity contribution is -0.119. The number of hydrogen-bond donors (Lipinski definition) is 2. The number of nitrogens with zero attached hydrogens (tertiary/aromatic N) is 4. The normalized spacial score (nSPS) is 17.4. The molecule has 0 aromatic heterocycles. The van der Waals surface area contributed by atoms with Gasteiger partial charge in [0.15, 0.2) is 11.0 Å². The van der Waals surface area contributed by atoms with Gasteiger partial charge in [-0.2, -0.15) is 0 Å². The molecule has 1 aliphatic carbocycles. The van der Waals surface area contributed by atoms with Crippen LogP contribution in [-0.2, 0) is 10.5 Å². The molecule has 4 aliphatic rings. The van der Waals surface area contributed by atoms with Crippen LogP contribution >= 0.6 is 11.8 Å². The van der Waals surface area contributed by atoms with E-state index in [4.69, 9.17) is 4.98 Å². The number of amides is 1. The summed E-state index contributed by atoms with van der Waals surface area (Å²) in [5, 5.41) is 7.25. The van der Waals surface area contributed by atoms with E-state index in [1.165, 1.54) is 23.9 Å². The molecule has 7 nitrogen and oxygen atoms in total. The minimum absolute atomic E-state index is 0.0472. The number of aromatic nitrogens is 3. The predicted octanol–water partition coefficient (Wildman–Crippen LogP) is 5.58. The van der Waals surface area contributed by atoms with E-state index in [1.807, 2.05) is 54.2 Å². The monoisotopic (exact) mass is 514 g/mol. The molecule has 3 heterocycles. The number of thioether (sulfide) groups is 1. The summed E-state index contributed by atoms with van der Waals surface area (Å²) in [6.07, 6.45) is 5.83. The van der Waals surface area contributed by atoms with E-state index in [-0.39, 0.29) is 29.7 Å². The van der Waals surface area contributed by atoms with Gasteiger partial charge in [-0.1, -0.05) is 30.0 Å². The van der Waals surface area contributed by atoms with E-state index in [1.54, 1.807) is 12.1 Å². The van der Waals surface area contributed by atoms with Crippen molar-refractivity contribution in [2.75, 3.05) is 17.2 Å². The fourth-order valence-corrected chi connectivity index (χ4v) is 5.29. The summed E-state index contributed by atoms with van der Waals surface area (Å²) in [5.74, 6) is 1.30. The molecule has 6 rings (SSSR count). The van der Waals surface area contributed by atoms with Gasteiger partial charge >= 0.3 is 0 Å². The summed E-state index contributed by atoms with van der Waals surface area (Å²) in [6.45, 7) is 2.77. The summed E-state index contributed by atoms with van der Waals surface area (Å²) in [4.78, 5) is 27.3. The Labute approximate surface area is 219 Å². The molecule has 0 spiro atoms. The molecule has 1 fully saturated rings. The number of carbonyl (C=O) groups is 1. The lowest BCUT2D eigenvalue weighted by atomic mass is 10.1. The van der Waals surface area contributed by atoms with Crippen LogP contribution in [0.15, 0.2) is 70.9 Å². The maximum absolute atomic E-state index is 13.7. The fourth-order valence-electron chi connectivity index (χ4n) is 4.48. The van der Waals surface area contributed by atoms with Crippen molar-refractivity contribution < 1.29 is 9.18 Å². The first-order valence-electron chi connectivity index (χ1n) is 12.4. The van der Waals surface area contributed by atoms with Gasteiger partial charge in [0.2, 0.25) is 5.91 Å². The van der Waals surface area contributed by atoms with Gasteiger partial charge in [0.25, 0.3) is 0 Å². The molecule has 0 bridgehead atoms. The molecule has 9 heteroatoms. The molecule has 2 unspecified atom stereocenters. The highest BCUT2D eigenvalue weighted by atomic mass is 32.2. The van der Waals surface area contributed by atoms with Gasteiger partial charge in [-0.05, 0) is 73.2 Å². The van der Waals surface area contributed by atoms with Crippen LogP contribution in [0.3, 0.4) is 0 Å². The van der Waals surface area contributed by atoms with Crippen LogP contribution in [0.1, 0.15) is 30.0 Å². The molecule has 2 aromatic carbocycles. The summed E-state index contributed by atoms with van der Waals surface area (Å²) < 4.78 is 15.2. The number of benzene rings is 2. The summed E-state index contributed by atoms with van der Waals surface area (Å²) in [7, 11) is 0. The molecular formula is C28H27FN6OS. The first kappa shape index (κ1) is 23.7. The largest absolute Gasteiger partial charge is 0.375 e. The number of anilines is 2. The van der Waals surface area contributed by atoms with Gasteiger partial charge in [-0.3, -0.25) is 9.79 Å². The highest BCUT2D eigenvalue weighted by molar-refractivity contribution is 7.98. The van der Waals surface area contributed by atoms with Crippen molar-refractivity contribution in [3.63, 3.8) is 0 Å². The zero-order valence-electron chi connectivity index (χ0n) is 20.4. The van der Waals surface area contributed by atoms with Gasteiger partial charge in [-0.25, -0.2) is 14.4 Å². The van der Waals surface area contributed by atoms with Crippen molar-refractivity contribution in [1.29, 1.82) is 0 Å². The molecule has 0 saturated heterocycles. The number of rotatable bonds is 9. The minimum atomic E-state index is -0.370. The zero-order chi connectivity index (χ0) is 25.4. The molecular weight excluding hydrogens is 487 g/mol. The summed E-state index contributed by atoms with van der Waals surface area (Å²) >= 11 is 1.50. The minimum Gasteiger partial charge on any atom is -0.375 e. The second kappa shape index (κ2) is 9.97. The molecule has 1 amide bonds. The Bertz CT molecular complexity index is 1430. The van der Waals surface area contributed by atoms with E-state index in [9.17, 15) is 9.18 Å². The van der Waals surface area contributed by atoms with Crippen molar-refractivity contribution >= 4 is 35.3 Å². The van der Waals surface area contributed by atoms with Gasteiger partial charge in [0.1, 0.15) is 17.6 Å². The van der Waals surface area contributed by atoms with Crippen LogP contribution in [0.5, 0.6) is 0 Å². The Morgan fingerprint density at radius 1 is 1.16 bits per heavy atom. The zero-order valence-corrected chi connectivity index (χ0v) is 21.2. The van der Waals surface area contributed by atoms with E-state index in [2.05, 4.69) is 20.6 Å². The second-order valence-electron chi connectivity index (χ2n) is 9.61. The lowest BCUT2D eigenvalue weighted by Gasteiger charge is -2.23. The van der Waals surface area contributed by atoms with Crippen molar-refractivity contribution in [2.45, 2.75) is 42.8 Å². The third-order valence-corrected chi connectivity index (χ3v) is 7.66. The third-order valence-electron chi connectivity index (χ3n) is 6.75. The molecule has 2 atom stereocenters. The average molecular weight is 515 g/mol. The SMILES string of the molecule is Cc1ccc(NC2C=NC2)cc1NC(=O)C(C1CC1)n1cccc2nc(SCc3ccc(F)cc3)nc1-2. The maximum Gasteiger partial charge on any atom is 0.247 e. The first-order valence-corrected chi connectivity index (χ1v) is 13.4. The standard InChI is InChI=1S/C28H27FN6OS/c1-17-4-11-21(31-22-14-30-15-22)13-24(17)32-27(36)25(19-7-8-19)35-12-2-3-23-26(35)34-28(33-23)37-16-18-5-9-20(29)10-6-18/h2-6,9-14,19,22,25,31H,7-8,15-16H2,1H3,(H,32,36). The number of halogens is 1. The molecule has 188 valence electrons. The Hall–Kier alpha value is -3.72. The van der Waals surface area contributed by atoms with Crippen molar-refractivity contribution in [2.24, 2.45) is 10.9 Å². The Kier molecular flexibility index (Phi) is 6.38. The number of aliphatic imine (C=N–C) groups is 1. The highest BCUT2D eigenvalue weighted by Gasteiger charge is 2.39. The molecule has 37 heavy (non-hydrogen) atoms. The van der Waals surface area contributed by atoms with E-state index in [0.717, 1.165) is 47.6 Å². The van der Waals surface area contributed by atoms with E-state index in [0.29, 0.717) is 16.7 Å². The van der Waals surface area contributed by atoms with Crippen LogP contribution in [0.4, 0.5) is 15.8 Å². The maximum atomic E-state index is 13.7. The first-order chi connectivity index (χ1) is 18.0. The van der Waals surface area contributed by atoms with Crippen molar-refractivity contribution in [1.82, 2.24) is 14.5 Å². The van der Waals surface area contributed by atoms with Gasteiger partial charge < -0.3 is 15.2 Å². The quantitative estimate of drug-likeness (QED) is 0.285. The second-order valence-corrected chi connectivity index (χ2v) is 10.6. The Morgan fingerprint density at radius 3 is 2.70 bits per heavy atom. The van der Waals surface area contributed by atoms with E-state index < -0.39 is 0 Å². The van der Waals surface area contributed by atoms with Gasteiger partial charge in [0, 0.05) is 29.5 Å². The highest BCUT2D eigenvalue weighted by Crippen LogP contribution is 2.42. The average Bonchev–Trinajstić information content (AvgIpc) is 3.60. The third kappa shape index (κ3) is 5.22. The number of nitrogens with one attached hydrogen (secondary N) is 2. The van der Waals surface area contributed by atoms with Crippen molar-refractivity contribution in [3.8, 4) is 11.5 Å². The smallest absolute Gasteiger partial charge is 0.247 e. The number of hydrogen-bond acceptors (Lipinski definition) is 6. The number of imidazole rings is 1. The number of pyridine rings is 1. The van der Waals surface area contributed by atoms with Crippen LogP contribution < -0.4 is 10.6 Å². The Balaban J connectivity index is 1.23. The predicted molar refractivity (Wildman–Crippen MR) is 145 cm³/mol. The Morgan fingerprint density at radius 2 is 1.97 bits per heavy atom. The summed E-state index contributed by atoms with van der Waals surface area (Å²) in [6, 6.07) is 16.2. The lowest BCUT2D eigenvalue weighted by Crippen LogP contribution is -2.31. The van der Waals surface area contributed by atoms with Crippen LogP contribution in [0, 0.1) is 18.7 Å². The molecule has 3 aliphatic heterocycles. The van der Waals surface area contributed by atoms with Gasteiger partial charge in [-0.15, -0.1) is 0 Å². The topological polar surface area (TPSA) is 84.2 Å². The van der Waals surface area contributed by atoms with Gasteiger partial charge in [0.05, 0.1) is 12.6 Å². The van der Waals surface area contributed by atoms with Crippen LogP contribution in [0.2, 0.25) is 0 Å². The number of fused-ring (bicyclic) bond motifs is 1. The fraction of sp³-hybridized carbons (Fsp3) is 0.286. The van der Waals surface area contributed by atoms with Crippen LogP contribution in [0.25, 0.3) is 11.5 Å². The summed E-state index contributed by atoms with van der Waals surface area (Å²) in [5.41, 5.74) is 4.52.